The molecule has 1 aromatic heterocycles. The van der Waals surface area contributed by atoms with Gasteiger partial charge in [-0.25, -0.2) is 4.98 Å². The molecule has 4 heteroatoms. The standard InChI is InChI=1S/C16H14N4/c1-2-6-14(7-3-1)19-20-15-8-4-5-13(9-15)10-16-11-17-12-18-16/h1-9,11-12H,10H2,(H,17,18). The highest BCUT2D eigenvalue weighted by Gasteiger charge is 1.98. The first-order valence-electron chi connectivity index (χ1n) is 6.43. The van der Waals surface area contributed by atoms with E-state index in [4.69, 9.17) is 0 Å². The van der Waals surface area contributed by atoms with Gasteiger partial charge >= 0.3 is 0 Å². The molecule has 20 heavy (non-hydrogen) atoms. The summed E-state index contributed by atoms with van der Waals surface area (Å²) in [7, 11) is 0. The maximum absolute atomic E-state index is 4.27. The number of nitrogens with one attached hydrogen (secondary N) is 1. The van der Waals surface area contributed by atoms with Gasteiger partial charge in [-0.15, -0.1) is 0 Å². The number of imidazole rings is 1. The van der Waals surface area contributed by atoms with Crippen LogP contribution in [0.2, 0.25) is 0 Å². The molecule has 0 fully saturated rings. The van der Waals surface area contributed by atoms with Crippen LogP contribution in [-0.4, -0.2) is 9.97 Å². The third kappa shape index (κ3) is 3.17. The average molecular weight is 262 g/mol. The third-order valence-electron chi connectivity index (χ3n) is 2.90. The molecule has 4 nitrogen and oxygen atoms in total. The Morgan fingerprint density at radius 3 is 2.50 bits per heavy atom. The number of aromatic nitrogens is 2. The number of benzene rings is 2. The first kappa shape index (κ1) is 12.3. The van der Waals surface area contributed by atoms with Gasteiger partial charge in [0.25, 0.3) is 0 Å². The van der Waals surface area contributed by atoms with Gasteiger partial charge in [0.05, 0.1) is 17.7 Å². The molecule has 0 spiro atoms. The van der Waals surface area contributed by atoms with E-state index in [1.807, 2.05) is 54.7 Å². The van der Waals surface area contributed by atoms with E-state index < -0.39 is 0 Å². The molecule has 98 valence electrons. The van der Waals surface area contributed by atoms with Gasteiger partial charge in [0.2, 0.25) is 0 Å². The van der Waals surface area contributed by atoms with Crippen molar-refractivity contribution >= 4 is 11.4 Å². The van der Waals surface area contributed by atoms with Crippen LogP contribution in [0.5, 0.6) is 0 Å². The van der Waals surface area contributed by atoms with Crippen molar-refractivity contribution < 1.29 is 0 Å². The summed E-state index contributed by atoms with van der Waals surface area (Å²) in [5, 5.41) is 8.49. The molecule has 2 aromatic carbocycles. The van der Waals surface area contributed by atoms with E-state index in [1.54, 1.807) is 6.33 Å². The lowest BCUT2D eigenvalue weighted by Gasteiger charge is -2.00. The van der Waals surface area contributed by atoms with Crippen LogP contribution in [0, 0.1) is 0 Å². The summed E-state index contributed by atoms with van der Waals surface area (Å²) in [6.45, 7) is 0. The fraction of sp³-hybridized carbons (Fsp3) is 0.0625. The lowest BCUT2D eigenvalue weighted by Crippen LogP contribution is -1.86. The molecule has 1 N–H and O–H groups in total. The fourth-order valence-corrected chi connectivity index (χ4v) is 1.94. The smallest absolute Gasteiger partial charge is 0.0921 e. The number of hydrogen-bond donors (Lipinski definition) is 1. The first-order valence-corrected chi connectivity index (χ1v) is 6.43. The molecule has 0 aliphatic rings. The van der Waals surface area contributed by atoms with Gasteiger partial charge in [-0.05, 0) is 29.8 Å². The minimum Gasteiger partial charge on any atom is -0.348 e. The number of rotatable bonds is 4. The molecular weight excluding hydrogens is 248 g/mol. The van der Waals surface area contributed by atoms with Crippen molar-refractivity contribution in [3.63, 3.8) is 0 Å². The van der Waals surface area contributed by atoms with Crippen molar-refractivity contribution in [2.75, 3.05) is 0 Å². The Labute approximate surface area is 117 Å². The normalized spacial score (nSPS) is 11.0. The third-order valence-corrected chi connectivity index (χ3v) is 2.90. The summed E-state index contributed by atoms with van der Waals surface area (Å²) in [5.41, 5.74) is 3.97. The Balaban J connectivity index is 1.76. The van der Waals surface area contributed by atoms with Crippen LogP contribution < -0.4 is 0 Å². The highest BCUT2D eigenvalue weighted by Crippen LogP contribution is 2.19. The SMILES string of the molecule is c1ccc(N=Nc2cccc(Cc3cnc[nH]3)c2)cc1. The summed E-state index contributed by atoms with van der Waals surface area (Å²) in [5.74, 6) is 0. The van der Waals surface area contributed by atoms with E-state index in [9.17, 15) is 0 Å². The lowest BCUT2D eigenvalue weighted by molar-refractivity contribution is 1.10. The maximum Gasteiger partial charge on any atom is 0.0921 e. The summed E-state index contributed by atoms with van der Waals surface area (Å²) in [4.78, 5) is 7.12. The second-order valence-corrected chi connectivity index (χ2v) is 4.46. The van der Waals surface area contributed by atoms with E-state index in [1.165, 1.54) is 5.56 Å². The van der Waals surface area contributed by atoms with Crippen LogP contribution in [-0.2, 0) is 6.42 Å². The average Bonchev–Trinajstić information content (AvgIpc) is 3.00. The molecule has 0 aliphatic heterocycles. The van der Waals surface area contributed by atoms with Gasteiger partial charge in [-0.2, -0.15) is 10.2 Å². The highest BCUT2D eigenvalue weighted by atomic mass is 15.1. The summed E-state index contributed by atoms with van der Waals surface area (Å²) in [6, 6.07) is 17.8. The molecule has 0 saturated carbocycles. The summed E-state index contributed by atoms with van der Waals surface area (Å²) in [6.07, 6.45) is 4.33. The van der Waals surface area contributed by atoms with Crippen molar-refractivity contribution in [2.24, 2.45) is 10.2 Å². The quantitative estimate of drug-likeness (QED) is 0.695. The Morgan fingerprint density at radius 1 is 0.900 bits per heavy atom. The zero-order valence-corrected chi connectivity index (χ0v) is 10.9. The van der Waals surface area contributed by atoms with Crippen LogP contribution in [0.15, 0.2) is 77.3 Å². The molecule has 0 radical (unpaired) electrons. The van der Waals surface area contributed by atoms with Gasteiger partial charge < -0.3 is 4.98 Å². The second kappa shape index (κ2) is 5.93. The number of H-pyrrole nitrogens is 1. The monoisotopic (exact) mass is 262 g/mol. The fourth-order valence-electron chi connectivity index (χ4n) is 1.94. The van der Waals surface area contributed by atoms with Gasteiger partial charge in [0, 0.05) is 18.3 Å². The first-order chi connectivity index (χ1) is 9.90. The van der Waals surface area contributed by atoms with Crippen molar-refractivity contribution in [1.29, 1.82) is 0 Å². The summed E-state index contributed by atoms with van der Waals surface area (Å²) < 4.78 is 0. The van der Waals surface area contributed by atoms with Crippen LogP contribution in [0.1, 0.15) is 11.3 Å². The topological polar surface area (TPSA) is 53.4 Å². The summed E-state index contributed by atoms with van der Waals surface area (Å²) >= 11 is 0. The Morgan fingerprint density at radius 2 is 1.70 bits per heavy atom. The van der Waals surface area contributed by atoms with Gasteiger partial charge in [0.1, 0.15) is 0 Å². The van der Waals surface area contributed by atoms with Crippen LogP contribution in [0.4, 0.5) is 11.4 Å². The van der Waals surface area contributed by atoms with E-state index >= 15 is 0 Å². The van der Waals surface area contributed by atoms with E-state index in [0.29, 0.717) is 0 Å². The molecule has 0 unspecified atom stereocenters. The molecule has 0 atom stereocenters. The Bertz CT molecular complexity index is 688. The predicted octanol–water partition coefficient (Wildman–Crippen LogP) is 4.42. The van der Waals surface area contributed by atoms with Crippen LogP contribution in [0.3, 0.4) is 0 Å². The number of azo groups is 1. The lowest BCUT2D eigenvalue weighted by atomic mass is 10.1. The second-order valence-electron chi connectivity index (χ2n) is 4.46. The van der Waals surface area contributed by atoms with E-state index in [0.717, 1.165) is 23.5 Å². The molecule has 1 heterocycles. The zero-order valence-electron chi connectivity index (χ0n) is 10.9. The Kier molecular flexibility index (Phi) is 3.64. The van der Waals surface area contributed by atoms with Crippen molar-refractivity contribution in [1.82, 2.24) is 9.97 Å². The Hall–Kier alpha value is -2.75. The number of hydrogen-bond acceptors (Lipinski definition) is 3. The molecule has 3 aromatic rings. The molecular formula is C16H14N4. The number of aromatic amines is 1. The zero-order chi connectivity index (χ0) is 13.6. The van der Waals surface area contributed by atoms with Crippen molar-refractivity contribution in [3.8, 4) is 0 Å². The minimum atomic E-state index is 0.814. The minimum absolute atomic E-state index is 0.814. The van der Waals surface area contributed by atoms with E-state index in [2.05, 4.69) is 26.3 Å². The maximum atomic E-state index is 4.27. The van der Waals surface area contributed by atoms with Crippen LogP contribution >= 0.6 is 0 Å². The molecule has 0 amide bonds. The highest BCUT2D eigenvalue weighted by molar-refractivity contribution is 5.42. The van der Waals surface area contributed by atoms with Crippen molar-refractivity contribution in [3.05, 3.63) is 78.4 Å². The predicted molar refractivity (Wildman–Crippen MR) is 78.5 cm³/mol. The van der Waals surface area contributed by atoms with Gasteiger partial charge in [-0.1, -0.05) is 30.3 Å². The van der Waals surface area contributed by atoms with Gasteiger partial charge in [0.15, 0.2) is 0 Å². The molecule has 0 bridgehead atoms. The van der Waals surface area contributed by atoms with Crippen LogP contribution in [0.25, 0.3) is 0 Å². The molecule has 0 saturated heterocycles. The molecule has 0 aliphatic carbocycles. The molecule has 3 rings (SSSR count). The number of nitrogens with zero attached hydrogens (tertiary/aromatic N) is 3. The van der Waals surface area contributed by atoms with E-state index in [-0.39, 0.29) is 0 Å². The van der Waals surface area contributed by atoms with Gasteiger partial charge in [-0.3, -0.25) is 0 Å². The largest absolute Gasteiger partial charge is 0.348 e. The van der Waals surface area contributed by atoms with Crippen molar-refractivity contribution in [2.45, 2.75) is 6.42 Å².